The lowest BCUT2D eigenvalue weighted by Gasteiger charge is -2.09. The summed E-state index contributed by atoms with van der Waals surface area (Å²) < 4.78 is 6.73. The van der Waals surface area contributed by atoms with Gasteiger partial charge in [-0.1, -0.05) is 29.8 Å². The average molecular weight is 335 g/mol. The highest BCUT2D eigenvalue weighted by atomic mass is 16.5. The molecule has 25 heavy (non-hydrogen) atoms. The van der Waals surface area contributed by atoms with Crippen LogP contribution in [0.3, 0.4) is 0 Å². The van der Waals surface area contributed by atoms with Crippen molar-refractivity contribution in [3.63, 3.8) is 0 Å². The zero-order chi connectivity index (χ0) is 18.0. The molecule has 0 saturated heterocycles. The van der Waals surface area contributed by atoms with Gasteiger partial charge in [-0.05, 0) is 55.7 Å². The fourth-order valence-corrected chi connectivity index (χ4v) is 2.82. The zero-order valence-corrected chi connectivity index (χ0v) is 14.6. The third-order valence-corrected chi connectivity index (χ3v) is 4.21. The fourth-order valence-electron chi connectivity index (χ4n) is 2.82. The lowest BCUT2D eigenvalue weighted by atomic mass is 10.0. The van der Waals surface area contributed by atoms with Gasteiger partial charge in [0.2, 0.25) is 0 Å². The topological polar surface area (TPSA) is 70.1 Å². The third-order valence-electron chi connectivity index (χ3n) is 4.21. The Morgan fingerprint density at radius 3 is 2.60 bits per heavy atom. The molecule has 5 heteroatoms. The van der Waals surface area contributed by atoms with Gasteiger partial charge in [0.05, 0.1) is 11.4 Å². The van der Waals surface area contributed by atoms with Gasteiger partial charge >= 0.3 is 6.09 Å². The van der Waals surface area contributed by atoms with Gasteiger partial charge in [-0.3, -0.25) is 0 Å². The van der Waals surface area contributed by atoms with Crippen molar-refractivity contribution in [3.8, 4) is 16.9 Å². The molecule has 0 bridgehead atoms. The van der Waals surface area contributed by atoms with Crippen LogP contribution >= 0.6 is 0 Å². The van der Waals surface area contributed by atoms with Gasteiger partial charge in [0.25, 0.3) is 0 Å². The van der Waals surface area contributed by atoms with E-state index in [-0.39, 0.29) is 6.61 Å². The SMILES string of the molecule is Cc1ccc(-c2ccn(-c3ccc(C)c(COC(N)=O)c3)n2)c(C)c1. The Bertz CT molecular complexity index is 928. The van der Waals surface area contributed by atoms with Gasteiger partial charge in [0.1, 0.15) is 6.61 Å². The van der Waals surface area contributed by atoms with Gasteiger partial charge in [-0.15, -0.1) is 0 Å². The number of ether oxygens (including phenoxy) is 1. The van der Waals surface area contributed by atoms with E-state index in [0.717, 1.165) is 28.1 Å². The zero-order valence-electron chi connectivity index (χ0n) is 14.6. The number of hydrogen-bond donors (Lipinski definition) is 1. The number of benzene rings is 2. The van der Waals surface area contributed by atoms with Crippen LogP contribution in [-0.4, -0.2) is 15.9 Å². The summed E-state index contributed by atoms with van der Waals surface area (Å²) in [4.78, 5) is 10.8. The number of aromatic nitrogens is 2. The van der Waals surface area contributed by atoms with Crippen molar-refractivity contribution in [1.29, 1.82) is 0 Å². The standard InChI is InChI=1S/C20H21N3O2/c1-13-4-7-18(15(3)10-13)19-8-9-23(22-19)17-6-5-14(2)16(11-17)12-25-20(21)24/h4-11H,12H2,1-3H3,(H2,21,24). The Kier molecular flexibility index (Phi) is 4.57. The van der Waals surface area contributed by atoms with E-state index in [4.69, 9.17) is 15.6 Å². The minimum absolute atomic E-state index is 0.153. The second kappa shape index (κ2) is 6.81. The number of nitrogens with zero attached hydrogens (tertiary/aromatic N) is 2. The lowest BCUT2D eigenvalue weighted by Crippen LogP contribution is -2.13. The van der Waals surface area contributed by atoms with E-state index in [1.54, 1.807) is 0 Å². The predicted molar refractivity (Wildman–Crippen MR) is 97.6 cm³/mol. The van der Waals surface area contributed by atoms with Gasteiger partial charge in [-0.25, -0.2) is 9.48 Å². The van der Waals surface area contributed by atoms with E-state index in [1.807, 2.05) is 42.1 Å². The molecule has 1 amide bonds. The molecule has 5 nitrogen and oxygen atoms in total. The fraction of sp³-hybridized carbons (Fsp3) is 0.200. The number of hydrogen-bond acceptors (Lipinski definition) is 3. The molecule has 0 atom stereocenters. The van der Waals surface area contributed by atoms with Crippen molar-refractivity contribution in [2.75, 3.05) is 0 Å². The van der Waals surface area contributed by atoms with Crippen molar-refractivity contribution >= 4 is 6.09 Å². The summed E-state index contributed by atoms with van der Waals surface area (Å²) in [5.74, 6) is 0. The number of amides is 1. The van der Waals surface area contributed by atoms with Crippen LogP contribution < -0.4 is 5.73 Å². The minimum Gasteiger partial charge on any atom is -0.445 e. The van der Waals surface area contributed by atoms with E-state index >= 15 is 0 Å². The molecule has 0 spiro atoms. The molecule has 0 aliphatic carbocycles. The molecular weight excluding hydrogens is 314 g/mol. The summed E-state index contributed by atoms with van der Waals surface area (Å²) in [5, 5.41) is 4.69. The maximum absolute atomic E-state index is 10.8. The van der Waals surface area contributed by atoms with E-state index < -0.39 is 6.09 Å². The highest BCUT2D eigenvalue weighted by Crippen LogP contribution is 2.24. The number of nitrogens with two attached hydrogens (primary N) is 1. The first-order valence-electron chi connectivity index (χ1n) is 8.09. The molecule has 0 unspecified atom stereocenters. The summed E-state index contributed by atoms with van der Waals surface area (Å²) >= 11 is 0. The van der Waals surface area contributed by atoms with Gasteiger partial charge in [0, 0.05) is 11.8 Å². The highest BCUT2D eigenvalue weighted by molar-refractivity contribution is 5.65. The molecule has 0 aliphatic heterocycles. The summed E-state index contributed by atoms with van der Waals surface area (Å²) in [6.45, 7) is 6.29. The van der Waals surface area contributed by atoms with Crippen molar-refractivity contribution in [3.05, 3.63) is 70.9 Å². The van der Waals surface area contributed by atoms with Gasteiger partial charge in [0.15, 0.2) is 0 Å². The van der Waals surface area contributed by atoms with Crippen LogP contribution in [0.2, 0.25) is 0 Å². The molecule has 1 heterocycles. The number of carbonyl (C=O) groups is 1. The van der Waals surface area contributed by atoms with Crippen molar-refractivity contribution in [2.45, 2.75) is 27.4 Å². The normalized spacial score (nSPS) is 10.7. The molecule has 3 aromatic rings. The third kappa shape index (κ3) is 3.71. The monoisotopic (exact) mass is 335 g/mol. The first-order chi connectivity index (χ1) is 11.9. The Morgan fingerprint density at radius 1 is 1.08 bits per heavy atom. The Balaban J connectivity index is 1.92. The second-order valence-corrected chi connectivity index (χ2v) is 6.18. The molecular formula is C20H21N3O2. The molecule has 128 valence electrons. The van der Waals surface area contributed by atoms with Crippen LogP contribution in [0.15, 0.2) is 48.7 Å². The molecule has 0 radical (unpaired) electrons. The molecule has 1 aromatic heterocycles. The molecule has 0 aliphatic rings. The molecule has 0 saturated carbocycles. The van der Waals surface area contributed by atoms with Crippen molar-refractivity contribution < 1.29 is 9.53 Å². The Labute approximate surface area is 147 Å². The number of primary amides is 1. The average Bonchev–Trinajstić information content (AvgIpc) is 3.03. The molecule has 2 aromatic carbocycles. The molecule has 2 N–H and O–H groups in total. The second-order valence-electron chi connectivity index (χ2n) is 6.18. The number of aryl methyl sites for hydroxylation is 3. The van der Waals surface area contributed by atoms with Crippen LogP contribution in [0.4, 0.5) is 4.79 Å². The van der Waals surface area contributed by atoms with Crippen molar-refractivity contribution in [1.82, 2.24) is 9.78 Å². The van der Waals surface area contributed by atoms with E-state index in [1.165, 1.54) is 11.1 Å². The largest absolute Gasteiger partial charge is 0.445 e. The van der Waals surface area contributed by atoms with E-state index in [9.17, 15) is 4.79 Å². The van der Waals surface area contributed by atoms with Crippen LogP contribution in [0.1, 0.15) is 22.3 Å². The summed E-state index contributed by atoms with van der Waals surface area (Å²) in [6, 6.07) is 14.3. The van der Waals surface area contributed by atoms with Crippen LogP contribution in [0.5, 0.6) is 0 Å². The van der Waals surface area contributed by atoms with Crippen LogP contribution in [-0.2, 0) is 11.3 Å². The maximum atomic E-state index is 10.8. The Hall–Kier alpha value is -3.08. The lowest BCUT2D eigenvalue weighted by molar-refractivity contribution is 0.150. The summed E-state index contributed by atoms with van der Waals surface area (Å²) in [7, 11) is 0. The molecule has 0 fully saturated rings. The summed E-state index contributed by atoms with van der Waals surface area (Å²) in [6.07, 6.45) is 1.15. The van der Waals surface area contributed by atoms with E-state index in [0.29, 0.717) is 0 Å². The minimum atomic E-state index is -0.777. The summed E-state index contributed by atoms with van der Waals surface area (Å²) in [5.41, 5.74) is 12.4. The predicted octanol–water partition coefficient (Wildman–Crippen LogP) is 4.06. The molecule has 3 rings (SSSR count). The van der Waals surface area contributed by atoms with Crippen molar-refractivity contribution in [2.24, 2.45) is 5.73 Å². The Morgan fingerprint density at radius 2 is 1.88 bits per heavy atom. The maximum Gasteiger partial charge on any atom is 0.404 e. The van der Waals surface area contributed by atoms with Crippen LogP contribution in [0.25, 0.3) is 16.9 Å². The number of rotatable bonds is 4. The first-order valence-corrected chi connectivity index (χ1v) is 8.09. The van der Waals surface area contributed by atoms with Crippen LogP contribution in [0, 0.1) is 20.8 Å². The van der Waals surface area contributed by atoms with Gasteiger partial charge < -0.3 is 10.5 Å². The smallest absolute Gasteiger partial charge is 0.404 e. The van der Waals surface area contributed by atoms with E-state index in [2.05, 4.69) is 32.0 Å². The highest BCUT2D eigenvalue weighted by Gasteiger charge is 2.09. The number of carbonyl (C=O) groups excluding carboxylic acids is 1. The van der Waals surface area contributed by atoms with Gasteiger partial charge in [-0.2, -0.15) is 5.10 Å². The quantitative estimate of drug-likeness (QED) is 0.781. The first kappa shape index (κ1) is 16.8.